The molecule has 4 N–H and O–H groups in total. The summed E-state index contributed by atoms with van der Waals surface area (Å²) in [5.41, 5.74) is 11.0. The van der Waals surface area contributed by atoms with E-state index in [4.69, 9.17) is 10.5 Å². The van der Waals surface area contributed by atoms with Gasteiger partial charge in [0.25, 0.3) is 0 Å². The first-order valence-corrected chi connectivity index (χ1v) is 8.19. The largest absolute Gasteiger partial charge is 0.398 e. The Balaban J connectivity index is 2.09. The van der Waals surface area contributed by atoms with Crippen molar-refractivity contribution in [2.24, 2.45) is 0 Å². The lowest BCUT2D eigenvalue weighted by Crippen LogP contribution is -1.96. The monoisotopic (exact) mass is 351 g/mol. The quantitative estimate of drug-likeness (QED) is 0.393. The van der Waals surface area contributed by atoms with Crippen molar-refractivity contribution in [3.8, 4) is 0 Å². The normalized spacial score (nSPS) is 12.1. The first-order valence-electron chi connectivity index (χ1n) is 8.19. The molecule has 4 nitrogen and oxygen atoms in total. The third-order valence-corrected chi connectivity index (χ3v) is 4.95. The van der Waals surface area contributed by atoms with E-state index in [9.17, 15) is 8.78 Å². The minimum absolute atomic E-state index is 0.331. The van der Waals surface area contributed by atoms with E-state index in [1.54, 1.807) is 19.2 Å². The number of ether oxygens (including phenoxy) is 1. The Labute approximate surface area is 146 Å². The Morgan fingerprint density at radius 2 is 1.38 bits per heavy atom. The topological polar surface area (TPSA) is 66.8 Å². The van der Waals surface area contributed by atoms with Crippen molar-refractivity contribution in [1.29, 1.82) is 0 Å². The van der Waals surface area contributed by atoms with Gasteiger partial charge in [0.2, 0.25) is 0 Å². The molecule has 0 aliphatic heterocycles. The number of aromatic nitrogens is 2. The molecule has 5 aromatic rings. The lowest BCUT2D eigenvalue weighted by atomic mass is 10.0. The SMILES string of the molecule is COCc1c2[nH]c3ccc(F)cc3c2c(N)c2c1[nH]c1ccc(F)cc12. The van der Waals surface area contributed by atoms with E-state index in [0.29, 0.717) is 23.1 Å². The minimum atomic E-state index is -0.337. The van der Waals surface area contributed by atoms with Crippen LogP contribution in [0.25, 0.3) is 43.6 Å². The van der Waals surface area contributed by atoms with Crippen LogP contribution in [0, 0.1) is 11.6 Å². The van der Waals surface area contributed by atoms with Crippen LogP contribution in [0.1, 0.15) is 5.56 Å². The van der Waals surface area contributed by atoms with Gasteiger partial charge in [-0.1, -0.05) is 0 Å². The number of benzene rings is 3. The van der Waals surface area contributed by atoms with E-state index >= 15 is 0 Å². The van der Waals surface area contributed by atoms with Crippen molar-refractivity contribution in [2.45, 2.75) is 6.61 Å². The molecule has 0 fully saturated rings. The maximum atomic E-state index is 13.8. The van der Waals surface area contributed by atoms with Gasteiger partial charge in [0.05, 0.1) is 23.3 Å². The van der Waals surface area contributed by atoms with E-state index < -0.39 is 0 Å². The highest BCUT2D eigenvalue weighted by Crippen LogP contribution is 2.42. The van der Waals surface area contributed by atoms with Crippen LogP contribution in [0.2, 0.25) is 0 Å². The summed E-state index contributed by atoms with van der Waals surface area (Å²) < 4.78 is 33.1. The highest BCUT2D eigenvalue weighted by Gasteiger charge is 2.20. The number of nitrogens with one attached hydrogen (secondary N) is 2. The van der Waals surface area contributed by atoms with Crippen molar-refractivity contribution in [3.63, 3.8) is 0 Å². The van der Waals surface area contributed by atoms with Gasteiger partial charge in [0, 0.05) is 45.3 Å². The predicted octanol–water partition coefficient (Wildman–Crippen LogP) is 4.96. The molecule has 2 aromatic heterocycles. The molecular formula is C20H15F2N3O. The van der Waals surface area contributed by atoms with Crippen LogP contribution in [0.15, 0.2) is 36.4 Å². The molecule has 0 unspecified atom stereocenters. The molecule has 0 saturated carbocycles. The second-order valence-corrected chi connectivity index (χ2v) is 6.46. The molecule has 0 spiro atoms. The molecule has 3 aromatic carbocycles. The zero-order chi connectivity index (χ0) is 18.0. The first kappa shape index (κ1) is 15.2. The minimum Gasteiger partial charge on any atom is -0.398 e. The molecule has 0 aliphatic carbocycles. The molecule has 130 valence electrons. The number of aromatic amines is 2. The molecule has 0 aliphatic rings. The van der Waals surface area contributed by atoms with Gasteiger partial charge in [0.1, 0.15) is 11.6 Å². The number of halogens is 2. The molecular weight excluding hydrogens is 336 g/mol. The summed E-state index contributed by atoms with van der Waals surface area (Å²) in [5, 5.41) is 2.85. The van der Waals surface area contributed by atoms with E-state index in [2.05, 4.69) is 9.97 Å². The van der Waals surface area contributed by atoms with Crippen molar-refractivity contribution in [3.05, 3.63) is 53.6 Å². The summed E-state index contributed by atoms with van der Waals surface area (Å²) in [6, 6.07) is 9.10. The molecule has 0 bridgehead atoms. The van der Waals surface area contributed by atoms with Gasteiger partial charge in [-0.3, -0.25) is 0 Å². The summed E-state index contributed by atoms with van der Waals surface area (Å²) in [7, 11) is 1.61. The van der Waals surface area contributed by atoms with Crippen LogP contribution < -0.4 is 5.73 Å². The Kier molecular flexibility index (Phi) is 3.02. The maximum absolute atomic E-state index is 13.8. The molecule has 0 radical (unpaired) electrons. The third kappa shape index (κ3) is 1.90. The predicted molar refractivity (Wildman–Crippen MR) is 100 cm³/mol. The van der Waals surface area contributed by atoms with Gasteiger partial charge in [-0.05, 0) is 36.4 Å². The Morgan fingerprint density at radius 1 is 0.885 bits per heavy atom. The van der Waals surface area contributed by atoms with Gasteiger partial charge in [0.15, 0.2) is 0 Å². The summed E-state index contributed by atoms with van der Waals surface area (Å²) >= 11 is 0. The average molecular weight is 351 g/mol. The van der Waals surface area contributed by atoms with Crippen molar-refractivity contribution < 1.29 is 13.5 Å². The van der Waals surface area contributed by atoms with Crippen LogP contribution in [0.3, 0.4) is 0 Å². The van der Waals surface area contributed by atoms with Crippen LogP contribution >= 0.6 is 0 Å². The fourth-order valence-electron chi connectivity index (χ4n) is 3.88. The number of nitrogens with two attached hydrogens (primary N) is 1. The van der Waals surface area contributed by atoms with Gasteiger partial charge in [-0.25, -0.2) is 8.78 Å². The number of H-pyrrole nitrogens is 2. The number of nitrogen functional groups attached to an aromatic ring is 1. The smallest absolute Gasteiger partial charge is 0.123 e. The van der Waals surface area contributed by atoms with Gasteiger partial charge in [-0.2, -0.15) is 0 Å². The zero-order valence-electron chi connectivity index (χ0n) is 13.9. The Hall–Kier alpha value is -3.12. The van der Waals surface area contributed by atoms with Gasteiger partial charge in [-0.15, -0.1) is 0 Å². The molecule has 0 saturated heterocycles. The third-order valence-electron chi connectivity index (χ3n) is 4.95. The molecule has 26 heavy (non-hydrogen) atoms. The number of fused-ring (bicyclic) bond motifs is 6. The standard InChI is InChI=1S/C20H15F2N3O/c1-26-8-13-19-16(11-6-9(21)2-4-14(11)24-19)18(23)17-12-7-10(22)3-5-15(12)25-20(13)17/h2-7,24-25H,8,23H2,1H3. The number of hydrogen-bond acceptors (Lipinski definition) is 2. The lowest BCUT2D eigenvalue weighted by molar-refractivity contribution is 0.187. The maximum Gasteiger partial charge on any atom is 0.123 e. The summed E-state index contributed by atoms with van der Waals surface area (Å²) in [4.78, 5) is 6.65. The molecule has 2 heterocycles. The first-order chi connectivity index (χ1) is 12.6. The number of hydrogen-bond donors (Lipinski definition) is 3. The van der Waals surface area contributed by atoms with Crippen LogP contribution in [0.5, 0.6) is 0 Å². The number of rotatable bonds is 2. The van der Waals surface area contributed by atoms with Gasteiger partial charge >= 0.3 is 0 Å². The van der Waals surface area contributed by atoms with Crippen LogP contribution in [-0.2, 0) is 11.3 Å². The van der Waals surface area contributed by atoms with Crippen LogP contribution in [-0.4, -0.2) is 17.1 Å². The fourth-order valence-corrected chi connectivity index (χ4v) is 3.88. The van der Waals surface area contributed by atoms with Crippen molar-refractivity contribution in [2.75, 3.05) is 12.8 Å². The summed E-state index contributed by atoms with van der Waals surface area (Å²) in [6.45, 7) is 0.331. The van der Waals surface area contributed by atoms with Gasteiger partial charge < -0.3 is 20.4 Å². The lowest BCUT2D eigenvalue weighted by Gasteiger charge is -2.08. The number of anilines is 1. The second-order valence-electron chi connectivity index (χ2n) is 6.46. The fraction of sp³-hybridized carbons (Fsp3) is 0.100. The molecule has 5 rings (SSSR count). The zero-order valence-corrected chi connectivity index (χ0v) is 13.9. The molecule has 6 heteroatoms. The molecule has 0 atom stereocenters. The van der Waals surface area contributed by atoms with Crippen molar-refractivity contribution >= 4 is 49.3 Å². The second kappa shape index (κ2) is 5.19. The van der Waals surface area contributed by atoms with Crippen molar-refractivity contribution in [1.82, 2.24) is 9.97 Å². The Bertz CT molecular complexity index is 1240. The summed E-state index contributed by atoms with van der Waals surface area (Å²) in [5.74, 6) is -0.674. The van der Waals surface area contributed by atoms with Crippen LogP contribution in [0.4, 0.5) is 14.5 Å². The molecule has 0 amide bonds. The van der Waals surface area contributed by atoms with E-state index in [-0.39, 0.29) is 11.6 Å². The van der Waals surface area contributed by atoms with E-state index in [1.165, 1.54) is 24.3 Å². The van der Waals surface area contributed by atoms with E-state index in [1.807, 2.05) is 0 Å². The van der Waals surface area contributed by atoms with E-state index in [0.717, 1.165) is 38.4 Å². The average Bonchev–Trinajstić information content (AvgIpc) is 3.17. The Morgan fingerprint density at radius 3 is 1.85 bits per heavy atom. The number of methoxy groups -OCH3 is 1. The highest BCUT2D eigenvalue weighted by molar-refractivity contribution is 6.27. The summed E-state index contributed by atoms with van der Waals surface area (Å²) in [6.07, 6.45) is 0. The highest BCUT2D eigenvalue weighted by atomic mass is 19.1.